The third-order valence-electron chi connectivity index (χ3n) is 4.27. The van der Waals surface area contributed by atoms with E-state index in [1.54, 1.807) is 6.07 Å². The monoisotopic (exact) mass is 369 g/mol. The normalized spacial score (nSPS) is 12.0. The lowest BCUT2D eigenvalue weighted by Crippen LogP contribution is -2.18. The van der Waals surface area contributed by atoms with Crippen molar-refractivity contribution in [3.8, 4) is 5.75 Å². The summed E-state index contributed by atoms with van der Waals surface area (Å²) in [5.74, 6) is 0.443. The Labute approximate surface area is 158 Å². The van der Waals surface area contributed by atoms with Crippen LogP contribution in [-0.2, 0) is 13.2 Å². The summed E-state index contributed by atoms with van der Waals surface area (Å²) in [6.45, 7) is 3.12. The summed E-state index contributed by atoms with van der Waals surface area (Å²) in [6.07, 6.45) is 0. The van der Waals surface area contributed by atoms with Crippen molar-refractivity contribution in [2.24, 2.45) is 0 Å². The number of halogens is 2. The van der Waals surface area contributed by atoms with Crippen LogP contribution in [0.2, 0.25) is 5.02 Å². The summed E-state index contributed by atoms with van der Waals surface area (Å²) in [5, 5.41) is 3.89. The minimum atomic E-state index is -0.349. The van der Waals surface area contributed by atoms with Crippen molar-refractivity contribution in [1.29, 1.82) is 0 Å². The molecule has 4 heteroatoms. The summed E-state index contributed by atoms with van der Waals surface area (Å²) in [5.41, 5.74) is 3.06. The Morgan fingerprint density at radius 3 is 2.46 bits per heavy atom. The van der Waals surface area contributed by atoms with Crippen LogP contribution >= 0.6 is 11.6 Å². The molecule has 2 nitrogen and oxygen atoms in total. The first-order valence-electron chi connectivity index (χ1n) is 8.56. The molecule has 1 N–H and O–H groups in total. The predicted octanol–water partition coefficient (Wildman–Crippen LogP) is 5.91. The fourth-order valence-electron chi connectivity index (χ4n) is 2.71. The van der Waals surface area contributed by atoms with Gasteiger partial charge in [0.1, 0.15) is 18.2 Å². The Bertz CT molecular complexity index is 854. The van der Waals surface area contributed by atoms with Crippen LogP contribution in [0.5, 0.6) is 5.75 Å². The van der Waals surface area contributed by atoms with Crippen LogP contribution in [0.25, 0.3) is 0 Å². The molecule has 0 saturated heterocycles. The summed E-state index contributed by atoms with van der Waals surface area (Å²) in [6, 6.07) is 22.8. The minimum absolute atomic E-state index is 0.232. The molecule has 0 unspecified atom stereocenters. The number of hydrogen-bond acceptors (Lipinski definition) is 2. The molecule has 0 fully saturated rings. The molecule has 0 saturated carbocycles. The summed E-state index contributed by atoms with van der Waals surface area (Å²) in [4.78, 5) is 0. The predicted molar refractivity (Wildman–Crippen MR) is 104 cm³/mol. The van der Waals surface area contributed by atoms with E-state index < -0.39 is 0 Å². The van der Waals surface area contributed by atoms with E-state index in [-0.39, 0.29) is 11.9 Å². The van der Waals surface area contributed by atoms with Gasteiger partial charge < -0.3 is 10.1 Å². The highest BCUT2D eigenvalue weighted by Crippen LogP contribution is 2.23. The van der Waals surface area contributed by atoms with E-state index in [0.29, 0.717) is 18.2 Å². The molecule has 0 bridgehead atoms. The largest absolute Gasteiger partial charge is 0.489 e. The van der Waals surface area contributed by atoms with Crippen molar-refractivity contribution < 1.29 is 9.13 Å². The highest BCUT2D eigenvalue weighted by atomic mass is 35.5. The van der Waals surface area contributed by atoms with Crippen molar-refractivity contribution in [2.75, 3.05) is 0 Å². The second-order valence-corrected chi connectivity index (χ2v) is 6.55. The zero-order valence-corrected chi connectivity index (χ0v) is 15.3. The maximum Gasteiger partial charge on any atom is 0.124 e. The highest BCUT2D eigenvalue weighted by Gasteiger charge is 2.09. The van der Waals surface area contributed by atoms with Gasteiger partial charge in [-0.15, -0.1) is 0 Å². The van der Waals surface area contributed by atoms with E-state index in [1.165, 1.54) is 17.7 Å². The number of nitrogens with one attached hydrogen (secondary N) is 1. The van der Waals surface area contributed by atoms with E-state index in [4.69, 9.17) is 16.3 Å². The lowest BCUT2D eigenvalue weighted by atomic mass is 10.1. The summed E-state index contributed by atoms with van der Waals surface area (Å²) < 4.78 is 19.1. The topological polar surface area (TPSA) is 21.3 Å². The molecule has 26 heavy (non-hydrogen) atoms. The quantitative estimate of drug-likeness (QED) is 0.559. The zero-order chi connectivity index (χ0) is 18.4. The second kappa shape index (κ2) is 8.84. The van der Waals surface area contributed by atoms with Crippen molar-refractivity contribution in [1.82, 2.24) is 5.32 Å². The van der Waals surface area contributed by atoms with E-state index in [1.807, 2.05) is 42.5 Å². The number of ether oxygens (including phenoxy) is 1. The molecule has 0 amide bonds. The average Bonchev–Trinajstić information content (AvgIpc) is 2.67. The third-order valence-corrected chi connectivity index (χ3v) is 4.62. The lowest BCUT2D eigenvalue weighted by molar-refractivity contribution is 0.301. The Morgan fingerprint density at radius 2 is 1.69 bits per heavy atom. The van der Waals surface area contributed by atoms with Crippen LogP contribution in [0.3, 0.4) is 0 Å². The van der Waals surface area contributed by atoms with Crippen LogP contribution in [0.1, 0.15) is 29.7 Å². The first kappa shape index (κ1) is 18.4. The van der Waals surface area contributed by atoms with Gasteiger partial charge in [0.15, 0.2) is 0 Å². The minimum Gasteiger partial charge on any atom is -0.489 e. The molecule has 3 aromatic carbocycles. The van der Waals surface area contributed by atoms with Gasteiger partial charge in [-0.3, -0.25) is 0 Å². The van der Waals surface area contributed by atoms with Gasteiger partial charge in [0, 0.05) is 23.7 Å². The van der Waals surface area contributed by atoms with Gasteiger partial charge in [-0.1, -0.05) is 66.2 Å². The van der Waals surface area contributed by atoms with Crippen molar-refractivity contribution in [2.45, 2.75) is 26.1 Å². The van der Waals surface area contributed by atoms with Gasteiger partial charge in [-0.05, 0) is 30.7 Å². The maximum absolute atomic E-state index is 13.2. The smallest absolute Gasteiger partial charge is 0.124 e. The number of para-hydroxylation sites is 1. The summed E-state index contributed by atoms with van der Waals surface area (Å²) in [7, 11) is 0. The van der Waals surface area contributed by atoms with Gasteiger partial charge in [0.05, 0.1) is 5.02 Å². The van der Waals surface area contributed by atoms with Crippen LogP contribution in [0, 0.1) is 5.82 Å². The molecule has 3 aromatic rings. The standard InChI is InChI=1S/C22H21ClFNO/c1-16(17-7-3-2-4-8-17)25-14-18-9-5-6-10-22(18)26-15-19-11-12-20(24)13-21(19)23/h2-13,16,25H,14-15H2,1H3/t16-/m0/s1. The highest BCUT2D eigenvalue weighted by molar-refractivity contribution is 6.31. The van der Waals surface area contributed by atoms with Gasteiger partial charge in [-0.25, -0.2) is 4.39 Å². The third kappa shape index (κ3) is 4.84. The molecule has 1 atom stereocenters. The zero-order valence-electron chi connectivity index (χ0n) is 14.6. The van der Waals surface area contributed by atoms with Gasteiger partial charge in [0.25, 0.3) is 0 Å². The molecule has 0 aliphatic rings. The lowest BCUT2D eigenvalue weighted by Gasteiger charge is -2.17. The second-order valence-electron chi connectivity index (χ2n) is 6.15. The van der Waals surface area contributed by atoms with Gasteiger partial charge >= 0.3 is 0 Å². The van der Waals surface area contributed by atoms with E-state index >= 15 is 0 Å². The molecule has 0 aliphatic heterocycles. The fourth-order valence-corrected chi connectivity index (χ4v) is 2.93. The molecule has 3 rings (SSSR count). The molecular weight excluding hydrogens is 349 g/mol. The van der Waals surface area contributed by atoms with Crippen molar-refractivity contribution in [3.63, 3.8) is 0 Å². The first-order valence-corrected chi connectivity index (χ1v) is 8.94. The summed E-state index contributed by atoms with van der Waals surface area (Å²) >= 11 is 6.07. The van der Waals surface area contributed by atoms with Gasteiger partial charge in [-0.2, -0.15) is 0 Å². The van der Waals surface area contributed by atoms with E-state index in [0.717, 1.165) is 16.9 Å². The molecule has 0 radical (unpaired) electrons. The number of benzene rings is 3. The Morgan fingerprint density at radius 1 is 0.962 bits per heavy atom. The van der Waals surface area contributed by atoms with Gasteiger partial charge in [0.2, 0.25) is 0 Å². The van der Waals surface area contributed by atoms with Crippen molar-refractivity contribution >= 4 is 11.6 Å². The Balaban J connectivity index is 1.64. The molecule has 0 aliphatic carbocycles. The fraction of sp³-hybridized carbons (Fsp3) is 0.182. The van der Waals surface area contributed by atoms with Crippen LogP contribution in [0.15, 0.2) is 72.8 Å². The molecule has 0 spiro atoms. The average molecular weight is 370 g/mol. The number of hydrogen-bond donors (Lipinski definition) is 1. The van der Waals surface area contributed by atoms with Crippen LogP contribution in [-0.4, -0.2) is 0 Å². The Hall–Kier alpha value is -2.36. The molecule has 0 heterocycles. The SMILES string of the molecule is C[C@H](NCc1ccccc1OCc1ccc(F)cc1Cl)c1ccccc1. The molecular formula is C22H21ClFNO. The number of rotatable bonds is 7. The Kier molecular flexibility index (Phi) is 6.26. The first-order chi connectivity index (χ1) is 12.6. The van der Waals surface area contributed by atoms with E-state index in [9.17, 15) is 4.39 Å². The van der Waals surface area contributed by atoms with Crippen LogP contribution < -0.4 is 10.1 Å². The van der Waals surface area contributed by atoms with E-state index in [2.05, 4.69) is 24.4 Å². The van der Waals surface area contributed by atoms with Crippen LogP contribution in [0.4, 0.5) is 4.39 Å². The molecule has 134 valence electrons. The maximum atomic E-state index is 13.2. The molecule has 0 aromatic heterocycles. The van der Waals surface area contributed by atoms with Crippen molar-refractivity contribution in [3.05, 3.63) is 100 Å².